The first kappa shape index (κ1) is 19.8. The Morgan fingerprint density at radius 2 is 1.68 bits per heavy atom. The maximum atomic E-state index is 13.3. The van der Waals surface area contributed by atoms with Crippen molar-refractivity contribution in [2.75, 3.05) is 33.3 Å². The number of carbonyl (C=O) groups is 1. The second kappa shape index (κ2) is 8.53. The summed E-state index contributed by atoms with van der Waals surface area (Å²) in [6, 6.07) is 22.8. The Hall–Kier alpha value is -3.15. The largest absolute Gasteiger partial charge is 0.451 e. The van der Waals surface area contributed by atoms with E-state index in [-0.39, 0.29) is 5.91 Å². The zero-order valence-corrected chi connectivity index (χ0v) is 17.8. The number of methoxy groups -OCH3 is 1. The molecule has 0 atom stereocenters. The summed E-state index contributed by atoms with van der Waals surface area (Å²) in [6.45, 7) is 4.64. The van der Waals surface area contributed by atoms with Gasteiger partial charge in [0.2, 0.25) is 0 Å². The van der Waals surface area contributed by atoms with E-state index in [1.807, 2.05) is 29.2 Å². The molecular weight excluding hydrogens is 388 g/mol. The number of hydrogen-bond donors (Lipinski definition) is 1. The molecule has 31 heavy (non-hydrogen) atoms. The minimum absolute atomic E-state index is 0.0348. The van der Waals surface area contributed by atoms with Crippen molar-refractivity contribution in [2.24, 2.45) is 0 Å². The van der Waals surface area contributed by atoms with Gasteiger partial charge in [-0.05, 0) is 16.8 Å². The number of ether oxygens (including phenoxy) is 1. The molecule has 0 saturated carbocycles. The number of piperazine rings is 1. The summed E-state index contributed by atoms with van der Waals surface area (Å²) >= 11 is 0. The molecule has 1 aliphatic heterocycles. The summed E-state index contributed by atoms with van der Waals surface area (Å²) in [6.07, 6.45) is 0. The van der Waals surface area contributed by atoms with Gasteiger partial charge in [0.05, 0.1) is 32.8 Å². The number of nitrogens with zero attached hydrogens (tertiary/aromatic N) is 1. The molecule has 3 aromatic carbocycles. The monoisotopic (exact) mass is 415 g/mol. The van der Waals surface area contributed by atoms with Gasteiger partial charge in [-0.2, -0.15) is 0 Å². The lowest BCUT2D eigenvalue weighted by molar-refractivity contribution is -0.917. The Morgan fingerprint density at radius 1 is 0.968 bits per heavy atom. The normalized spacial score (nSPS) is 15.1. The minimum Gasteiger partial charge on any atom is -0.451 e. The molecule has 5 nitrogen and oxygen atoms in total. The van der Waals surface area contributed by atoms with Gasteiger partial charge in [0.25, 0.3) is 5.91 Å². The van der Waals surface area contributed by atoms with Crippen molar-refractivity contribution in [1.82, 2.24) is 4.90 Å². The van der Waals surface area contributed by atoms with E-state index < -0.39 is 0 Å². The molecule has 1 N–H and O–H groups in total. The fraction of sp³-hybridized carbons (Fsp3) is 0.269. The maximum absolute atomic E-state index is 13.3. The number of rotatable bonds is 5. The van der Waals surface area contributed by atoms with E-state index >= 15 is 0 Å². The number of quaternary nitrogens is 1. The quantitative estimate of drug-likeness (QED) is 0.544. The van der Waals surface area contributed by atoms with E-state index in [0.717, 1.165) is 49.3 Å². The molecule has 0 unspecified atom stereocenters. The number of amides is 1. The highest BCUT2D eigenvalue weighted by Crippen LogP contribution is 2.27. The van der Waals surface area contributed by atoms with E-state index in [0.29, 0.717) is 12.4 Å². The Bertz CT molecular complexity index is 1220. The molecule has 2 heterocycles. The van der Waals surface area contributed by atoms with E-state index in [2.05, 4.69) is 42.5 Å². The van der Waals surface area contributed by atoms with Crippen LogP contribution < -0.4 is 4.90 Å². The molecule has 1 saturated heterocycles. The highest BCUT2D eigenvalue weighted by atomic mass is 16.5. The van der Waals surface area contributed by atoms with Gasteiger partial charge in [-0.3, -0.25) is 4.79 Å². The van der Waals surface area contributed by atoms with Gasteiger partial charge in [-0.1, -0.05) is 60.7 Å². The molecule has 5 rings (SSSR count). The third-order valence-corrected chi connectivity index (χ3v) is 6.26. The van der Waals surface area contributed by atoms with Crippen molar-refractivity contribution in [3.05, 3.63) is 83.6 Å². The van der Waals surface area contributed by atoms with E-state index in [4.69, 9.17) is 9.15 Å². The molecule has 1 aromatic heterocycles. The number of carbonyl (C=O) groups excluding carboxylic acids is 1. The first-order chi connectivity index (χ1) is 15.2. The second-order valence-corrected chi connectivity index (χ2v) is 8.20. The SMILES string of the molecule is COCc1c(C(=O)N2CC[NH+](Cc3cccc4ccccc34)CC2)oc2ccccc12. The molecule has 0 spiro atoms. The van der Waals surface area contributed by atoms with Gasteiger partial charge >= 0.3 is 0 Å². The molecule has 1 amide bonds. The van der Waals surface area contributed by atoms with Gasteiger partial charge < -0.3 is 19.0 Å². The van der Waals surface area contributed by atoms with E-state index in [9.17, 15) is 4.79 Å². The first-order valence-electron chi connectivity index (χ1n) is 10.8. The fourth-order valence-corrected chi connectivity index (χ4v) is 4.62. The van der Waals surface area contributed by atoms with Crippen molar-refractivity contribution < 1.29 is 18.8 Å². The molecule has 0 aliphatic carbocycles. The summed E-state index contributed by atoms with van der Waals surface area (Å²) in [5.74, 6) is 0.382. The van der Waals surface area contributed by atoms with Crippen LogP contribution in [0.2, 0.25) is 0 Å². The molecule has 0 bridgehead atoms. The fourth-order valence-electron chi connectivity index (χ4n) is 4.62. The number of fused-ring (bicyclic) bond motifs is 2. The van der Waals surface area contributed by atoms with Crippen LogP contribution in [0.25, 0.3) is 21.7 Å². The maximum Gasteiger partial charge on any atom is 0.290 e. The lowest BCUT2D eigenvalue weighted by Gasteiger charge is -2.32. The van der Waals surface area contributed by atoms with Crippen LogP contribution in [0.15, 0.2) is 71.1 Å². The topological polar surface area (TPSA) is 47.1 Å². The van der Waals surface area contributed by atoms with Crippen LogP contribution in [0.3, 0.4) is 0 Å². The van der Waals surface area contributed by atoms with Crippen molar-refractivity contribution >= 4 is 27.6 Å². The zero-order chi connectivity index (χ0) is 21.2. The standard InChI is InChI=1S/C26H26N2O3/c1-30-18-23-22-11-4-5-12-24(22)31-25(23)26(29)28-15-13-27(14-16-28)17-20-9-6-8-19-7-2-3-10-21(19)20/h2-12H,13-18H2,1H3/p+1. The number of nitrogens with one attached hydrogen (secondary N) is 1. The molecule has 158 valence electrons. The van der Waals surface area contributed by atoms with E-state index in [1.54, 1.807) is 7.11 Å². The Labute approximate surface area is 181 Å². The first-order valence-corrected chi connectivity index (χ1v) is 10.8. The summed E-state index contributed by atoms with van der Waals surface area (Å²) in [7, 11) is 1.64. The highest BCUT2D eigenvalue weighted by Gasteiger charge is 2.29. The second-order valence-electron chi connectivity index (χ2n) is 8.20. The van der Waals surface area contributed by atoms with Crippen LogP contribution in [0.4, 0.5) is 0 Å². The lowest BCUT2D eigenvalue weighted by Crippen LogP contribution is -3.13. The Kier molecular flexibility index (Phi) is 5.45. The lowest BCUT2D eigenvalue weighted by atomic mass is 10.0. The molecule has 1 fully saturated rings. The summed E-state index contributed by atoms with van der Waals surface area (Å²) in [5.41, 5.74) is 2.94. The molecule has 4 aromatic rings. The Morgan fingerprint density at radius 3 is 2.48 bits per heavy atom. The van der Waals surface area contributed by atoms with Crippen LogP contribution in [0.5, 0.6) is 0 Å². The third kappa shape index (κ3) is 3.82. The molecule has 0 radical (unpaired) electrons. The predicted molar refractivity (Wildman–Crippen MR) is 121 cm³/mol. The molecule has 5 heteroatoms. The summed E-state index contributed by atoms with van der Waals surface area (Å²) < 4.78 is 11.3. The van der Waals surface area contributed by atoms with Gasteiger partial charge in [0, 0.05) is 23.6 Å². The average molecular weight is 416 g/mol. The number of hydrogen-bond acceptors (Lipinski definition) is 3. The van der Waals surface area contributed by atoms with Crippen molar-refractivity contribution in [1.29, 1.82) is 0 Å². The number of benzene rings is 3. The number of furan rings is 1. The van der Waals surface area contributed by atoms with Crippen LogP contribution in [0, 0.1) is 0 Å². The highest BCUT2D eigenvalue weighted by molar-refractivity contribution is 5.99. The smallest absolute Gasteiger partial charge is 0.290 e. The van der Waals surface area contributed by atoms with Crippen LogP contribution in [-0.2, 0) is 17.9 Å². The van der Waals surface area contributed by atoms with Crippen LogP contribution in [0.1, 0.15) is 21.7 Å². The van der Waals surface area contributed by atoms with Crippen LogP contribution in [-0.4, -0.2) is 44.1 Å². The third-order valence-electron chi connectivity index (χ3n) is 6.26. The summed E-state index contributed by atoms with van der Waals surface area (Å²) in [4.78, 5) is 16.7. The van der Waals surface area contributed by atoms with Gasteiger partial charge in [0.1, 0.15) is 12.1 Å². The number of para-hydroxylation sites is 1. The summed E-state index contributed by atoms with van der Waals surface area (Å²) in [5, 5.41) is 3.55. The van der Waals surface area contributed by atoms with Crippen molar-refractivity contribution in [2.45, 2.75) is 13.2 Å². The van der Waals surface area contributed by atoms with Crippen molar-refractivity contribution in [3.8, 4) is 0 Å². The van der Waals surface area contributed by atoms with Gasteiger partial charge in [-0.15, -0.1) is 0 Å². The van der Waals surface area contributed by atoms with Crippen LogP contribution >= 0.6 is 0 Å². The average Bonchev–Trinajstić information content (AvgIpc) is 3.18. The minimum atomic E-state index is -0.0348. The zero-order valence-electron chi connectivity index (χ0n) is 17.8. The van der Waals surface area contributed by atoms with Crippen molar-refractivity contribution in [3.63, 3.8) is 0 Å². The van der Waals surface area contributed by atoms with Gasteiger partial charge in [0.15, 0.2) is 5.76 Å². The molecular formula is C26H27N2O3+. The molecule has 1 aliphatic rings. The Balaban J connectivity index is 1.30. The van der Waals surface area contributed by atoms with Gasteiger partial charge in [-0.25, -0.2) is 0 Å². The predicted octanol–water partition coefficient (Wildman–Crippen LogP) is 3.27. The van der Waals surface area contributed by atoms with E-state index in [1.165, 1.54) is 21.2 Å².